The largest absolute Gasteiger partial charge is 0.485 e. The summed E-state index contributed by atoms with van der Waals surface area (Å²) in [7, 11) is 3.53. The van der Waals surface area contributed by atoms with Crippen molar-refractivity contribution in [2.45, 2.75) is 63.7 Å². The van der Waals surface area contributed by atoms with Gasteiger partial charge in [0.05, 0.1) is 36.2 Å². The van der Waals surface area contributed by atoms with Gasteiger partial charge in [0, 0.05) is 25.7 Å². The number of carboxylic acid groups (broad SMARTS) is 1. The molecule has 0 aromatic carbocycles. The Balaban J connectivity index is 1.51. The van der Waals surface area contributed by atoms with Crippen molar-refractivity contribution in [2.24, 2.45) is 13.0 Å². The van der Waals surface area contributed by atoms with Gasteiger partial charge in [-0.2, -0.15) is 5.10 Å². The van der Waals surface area contributed by atoms with Gasteiger partial charge in [-0.05, 0) is 57.1 Å². The van der Waals surface area contributed by atoms with Gasteiger partial charge in [-0.25, -0.2) is 9.78 Å². The minimum Gasteiger partial charge on any atom is -0.485 e. The van der Waals surface area contributed by atoms with E-state index in [-0.39, 0.29) is 43.9 Å². The molecule has 2 atom stereocenters. The molecular formula is C25H34N4O7. The minimum absolute atomic E-state index is 0.0280. The number of rotatable bonds is 10. The number of hydrogen-bond acceptors (Lipinski definition) is 8. The number of carbonyl (C=O) groups is 2. The Morgan fingerprint density at radius 2 is 1.97 bits per heavy atom. The minimum atomic E-state index is -0.808. The summed E-state index contributed by atoms with van der Waals surface area (Å²) in [4.78, 5) is 30.1. The Morgan fingerprint density at radius 3 is 2.67 bits per heavy atom. The van der Waals surface area contributed by atoms with Gasteiger partial charge < -0.3 is 29.3 Å². The van der Waals surface area contributed by atoms with Crippen LogP contribution in [0.15, 0.2) is 18.3 Å². The molecule has 2 aliphatic carbocycles. The van der Waals surface area contributed by atoms with Crippen molar-refractivity contribution < 1.29 is 34.0 Å². The zero-order valence-electron chi connectivity index (χ0n) is 20.8. The smallest absolute Gasteiger partial charge is 0.410 e. The molecule has 196 valence electrons. The first-order valence-corrected chi connectivity index (χ1v) is 12.4. The van der Waals surface area contributed by atoms with E-state index in [0.29, 0.717) is 35.5 Å². The Bertz CT molecular complexity index is 1070. The van der Waals surface area contributed by atoms with E-state index >= 15 is 0 Å². The number of aliphatic hydroxyl groups excluding tert-OH is 1. The molecule has 0 saturated heterocycles. The maximum Gasteiger partial charge on any atom is 0.410 e. The van der Waals surface area contributed by atoms with Gasteiger partial charge in [-0.3, -0.25) is 9.48 Å². The van der Waals surface area contributed by atoms with Crippen LogP contribution in [0.1, 0.15) is 50.6 Å². The molecule has 0 spiro atoms. The molecule has 2 aromatic heterocycles. The fraction of sp³-hybridized carbons (Fsp3) is 0.600. The highest BCUT2D eigenvalue weighted by Crippen LogP contribution is 2.35. The molecule has 2 heterocycles. The van der Waals surface area contributed by atoms with Crippen molar-refractivity contribution in [1.29, 1.82) is 0 Å². The molecule has 2 aliphatic rings. The van der Waals surface area contributed by atoms with E-state index in [1.54, 1.807) is 42.0 Å². The van der Waals surface area contributed by atoms with Gasteiger partial charge in [-0.1, -0.05) is 0 Å². The SMILES string of the molecule is CN(C(=O)OCc1c(-c2ccc(O[C@H]3CCC[C@H](C(=O)O)C3)c(OCCO)n2)cnn1C)C1CCC1. The topological polar surface area (TPSA) is 136 Å². The first-order chi connectivity index (χ1) is 17.4. The summed E-state index contributed by atoms with van der Waals surface area (Å²) >= 11 is 0. The lowest BCUT2D eigenvalue weighted by Crippen LogP contribution is -2.41. The van der Waals surface area contributed by atoms with Crippen molar-refractivity contribution in [3.63, 3.8) is 0 Å². The average molecular weight is 503 g/mol. The van der Waals surface area contributed by atoms with Gasteiger partial charge in [0.1, 0.15) is 13.2 Å². The number of carboxylic acids is 1. The van der Waals surface area contributed by atoms with Gasteiger partial charge in [-0.15, -0.1) is 0 Å². The first kappa shape index (κ1) is 25.7. The third-order valence-electron chi connectivity index (χ3n) is 7.00. The maximum atomic E-state index is 12.5. The molecule has 0 unspecified atom stereocenters. The maximum absolute atomic E-state index is 12.5. The monoisotopic (exact) mass is 502 g/mol. The van der Waals surface area contributed by atoms with Crippen LogP contribution in [-0.2, 0) is 23.2 Å². The van der Waals surface area contributed by atoms with E-state index in [0.717, 1.165) is 32.1 Å². The number of aliphatic hydroxyl groups is 1. The second-order valence-electron chi connectivity index (χ2n) is 9.39. The number of ether oxygens (including phenoxy) is 3. The van der Waals surface area contributed by atoms with Gasteiger partial charge in [0.2, 0.25) is 0 Å². The summed E-state index contributed by atoms with van der Waals surface area (Å²) in [6, 6.07) is 3.73. The lowest BCUT2D eigenvalue weighted by molar-refractivity contribution is -0.143. The first-order valence-electron chi connectivity index (χ1n) is 12.4. The van der Waals surface area contributed by atoms with Crippen LogP contribution in [0.2, 0.25) is 0 Å². The van der Waals surface area contributed by atoms with Crippen LogP contribution in [0, 0.1) is 5.92 Å². The molecule has 0 radical (unpaired) electrons. The molecule has 1 amide bonds. The lowest BCUT2D eigenvalue weighted by Gasteiger charge is -2.33. The molecular weight excluding hydrogens is 468 g/mol. The second kappa shape index (κ2) is 11.6. The van der Waals surface area contributed by atoms with Crippen LogP contribution in [-0.4, -0.2) is 74.3 Å². The lowest BCUT2D eigenvalue weighted by atomic mass is 9.87. The van der Waals surface area contributed by atoms with Crippen LogP contribution >= 0.6 is 0 Å². The highest BCUT2D eigenvalue weighted by molar-refractivity contribution is 5.70. The molecule has 11 nitrogen and oxygen atoms in total. The van der Waals surface area contributed by atoms with E-state index in [4.69, 9.17) is 14.2 Å². The summed E-state index contributed by atoms with van der Waals surface area (Å²) in [5.41, 5.74) is 1.91. The van der Waals surface area contributed by atoms with E-state index < -0.39 is 11.9 Å². The molecule has 2 fully saturated rings. The number of nitrogens with zero attached hydrogens (tertiary/aromatic N) is 4. The summed E-state index contributed by atoms with van der Waals surface area (Å²) < 4.78 is 19.0. The molecule has 2 saturated carbocycles. The van der Waals surface area contributed by atoms with Crippen molar-refractivity contribution in [3.8, 4) is 22.9 Å². The molecule has 0 bridgehead atoms. The predicted octanol–water partition coefficient (Wildman–Crippen LogP) is 3.00. The fourth-order valence-corrected chi connectivity index (χ4v) is 4.57. The quantitative estimate of drug-likeness (QED) is 0.502. The number of aliphatic carboxylic acids is 1. The summed E-state index contributed by atoms with van der Waals surface area (Å²) in [6.45, 7) is -0.133. The van der Waals surface area contributed by atoms with Crippen molar-refractivity contribution in [2.75, 3.05) is 20.3 Å². The zero-order chi connectivity index (χ0) is 25.7. The summed E-state index contributed by atoms with van der Waals surface area (Å²) in [5, 5.41) is 23.0. The number of amides is 1. The van der Waals surface area contributed by atoms with Gasteiger partial charge in [0.15, 0.2) is 5.75 Å². The average Bonchev–Trinajstić information content (AvgIpc) is 3.21. The van der Waals surface area contributed by atoms with Gasteiger partial charge >= 0.3 is 12.1 Å². The van der Waals surface area contributed by atoms with E-state index in [1.165, 1.54) is 0 Å². The van der Waals surface area contributed by atoms with Crippen LogP contribution in [0.3, 0.4) is 0 Å². The number of pyridine rings is 1. The Hall–Kier alpha value is -3.34. The van der Waals surface area contributed by atoms with E-state index in [1.807, 2.05) is 0 Å². The fourth-order valence-electron chi connectivity index (χ4n) is 4.57. The third-order valence-corrected chi connectivity index (χ3v) is 7.00. The van der Waals surface area contributed by atoms with Crippen molar-refractivity contribution in [3.05, 3.63) is 24.0 Å². The van der Waals surface area contributed by atoms with Crippen molar-refractivity contribution >= 4 is 12.1 Å². The van der Waals surface area contributed by atoms with Gasteiger partial charge in [0.25, 0.3) is 5.88 Å². The van der Waals surface area contributed by atoms with Crippen LogP contribution < -0.4 is 9.47 Å². The Morgan fingerprint density at radius 1 is 1.19 bits per heavy atom. The van der Waals surface area contributed by atoms with E-state index in [2.05, 4.69) is 10.1 Å². The van der Waals surface area contributed by atoms with Crippen LogP contribution in [0.25, 0.3) is 11.3 Å². The zero-order valence-corrected chi connectivity index (χ0v) is 20.8. The number of aromatic nitrogens is 3. The predicted molar refractivity (Wildman–Crippen MR) is 129 cm³/mol. The highest BCUT2D eigenvalue weighted by Gasteiger charge is 2.30. The molecule has 36 heavy (non-hydrogen) atoms. The highest BCUT2D eigenvalue weighted by atomic mass is 16.6. The van der Waals surface area contributed by atoms with Crippen LogP contribution in [0.5, 0.6) is 11.6 Å². The number of hydrogen-bond donors (Lipinski definition) is 2. The summed E-state index contributed by atoms with van der Waals surface area (Å²) in [6.07, 6.45) is 6.72. The van der Waals surface area contributed by atoms with E-state index in [9.17, 15) is 19.8 Å². The molecule has 2 aromatic rings. The third kappa shape index (κ3) is 5.89. The van der Waals surface area contributed by atoms with Crippen LogP contribution in [0.4, 0.5) is 4.79 Å². The Labute approximate surface area is 210 Å². The molecule has 11 heteroatoms. The second-order valence-corrected chi connectivity index (χ2v) is 9.39. The molecule has 2 N–H and O–H groups in total. The molecule has 4 rings (SSSR count). The normalized spacial score (nSPS) is 19.9. The Kier molecular flexibility index (Phi) is 8.29. The van der Waals surface area contributed by atoms with Crippen molar-refractivity contribution in [1.82, 2.24) is 19.7 Å². The number of carbonyl (C=O) groups excluding carboxylic acids is 1. The number of aryl methyl sites for hydroxylation is 1. The standard InChI is InChI=1S/C25H34N4O7/c1-28(17-6-4-7-17)25(33)35-15-21-19(14-26-29(21)2)20-9-10-22(23(27-20)34-12-11-30)36-18-8-3-5-16(13-18)24(31)32/h9-10,14,16-18,30H,3-8,11-13,15H2,1-2H3,(H,31,32)/t16-,18-/m0/s1. The summed E-state index contributed by atoms with van der Waals surface area (Å²) in [5.74, 6) is -0.642. The molecule has 0 aliphatic heterocycles.